The smallest absolute Gasteiger partial charge is 0.339 e. The number of fused-ring (bicyclic) bond motifs is 1. The molecule has 0 spiro atoms. The largest absolute Gasteiger partial charge is 0.478 e. The monoisotopic (exact) mass is 298 g/mol. The Kier molecular flexibility index (Phi) is 4.27. The van der Waals surface area contributed by atoms with Crippen molar-refractivity contribution in [2.24, 2.45) is 0 Å². The van der Waals surface area contributed by atoms with Crippen molar-refractivity contribution in [3.8, 4) is 0 Å². The van der Waals surface area contributed by atoms with Crippen LogP contribution in [0.4, 0.5) is 5.82 Å². The fraction of sp³-hybridized carbons (Fsp3) is 0.538. The van der Waals surface area contributed by atoms with E-state index in [0.29, 0.717) is 0 Å². The minimum Gasteiger partial charge on any atom is -0.478 e. The van der Waals surface area contributed by atoms with Crippen LogP contribution in [0.3, 0.4) is 0 Å². The Morgan fingerprint density at radius 2 is 2.10 bits per heavy atom. The van der Waals surface area contributed by atoms with E-state index < -0.39 is 15.8 Å². The molecule has 1 heterocycles. The number of hydrogen-bond donors (Lipinski definition) is 2. The van der Waals surface area contributed by atoms with E-state index >= 15 is 0 Å². The van der Waals surface area contributed by atoms with E-state index in [0.717, 1.165) is 43.2 Å². The van der Waals surface area contributed by atoms with Gasteiger partial charge in [-0.25, -0.2) is 18.2 Å². The second kappa shape index (κ2) is 5.78. The lowest BCUT2D eigenvalue weighted by atomic mass is 9.95. The number of sulfone groups is 1. The number of carbonyl (C=O) groups is 1. The molecule has 6 nitrogen and oxygen atoms in total. The van der Waals surface area contributed by atoms with Gasteiger partial charge >= 0.3 is 5.97 Å². The molecule has 7 heteroatoms. The molecule has 110 valence electrons. The molecule has 20 heavy (non-hydrogen) atoms. The maximum Gasteiger partial charge on any atom is 0.339 e. The van der Waals surface area contributed by atoms with Crippen LogP contribution in [0.25, 0.3) is 0 Å². The second-order valence-electron chi connectivity index (χ2n) is 5.06. The lowest BCUT2D eigenvalue weighted by molar-refractivity contribution is 0.0697. The fourth-order valence-electron chi connectivity index (χ4n) is 2.29. The number of nitrogens with one attached hydrogen (secondary N) is 1. The molecule has 1 aliphatic rings. The normalized spacial score (nSPS) is 14.7. The van der Waals surface area contributed by atoms with Gasteiger partial charge in [-0.2, -0.15) is 0 Å². The number of carboxylic acids is 1. The zero-order valence-corrected chi connectivity index (χ0v) is 12.2. The summed E-state index contributed by atoms with van der Waals surface area (Å²) in [6.07, 6.45) is 4.94. The van der Waals surface area contributed by atoms with Gasteiger partial charge in [-0.1, -0.05) is 0 Å². The molecular formula is C13H18N2O4S. The van der Waals surface area contributed by atoms with E-state index in [9.17, 15) is 18.3 Å². The summed E-state index contributed by atoms with van der Waals surface area (Å²) in [6, 6.07) is 1.66. The fourth-order valence-corrected chi connectivity index (χ4v) is 2.76. The molecule has 0 aliphatic heterocycles. The van der Waals surface area contributed by atoms with Gasteiger partial charge in [0, 0.05) is 18.5 Å². The van der Waals surface area contributed by atoms with Gasteiger partial charge in [-0.05, 0) is 37.3 Å². The Labute approximate surface area is 118 Å². The van der Waals surface area contributed by atoms with Gasteiger partial charge in [0.1, 0.15) is 21.2 Å². The van der Waals surface area contributed by atoms with Crippen molar-refractivity contribution in [3.63, 3.8) is 0 Å². The minimum atomic E-state index is -3.08. The standard InChI is InChI=1S/C13H18N2O4S/c1-20(18,19)7-6-14-12-10(13(16)17)8-9-4-2-3-5-11(9)15-12/h8H,2-7H2,1H3,(H,14,15)(H,16,17). The first kappa shape index (κ1) is 14.8. The van der Waals surface area contributed by atoms with Crippen LogP contribution in [0, 0.1) is 0 Å². The van der Waals surface area contributed by atoms with E-state index in [4.69, 9.17) is 0 Å². The van der Waals surface area contributed by atoms with Crippen LogP contribution in [-0.2, 0) is 22.7 Å². The number of hydrogen-bond acceptors (Lipinski definition) is 5. The molecule has 0 fully saturated rings. The van der Waals surface area contributed by atoms with Crippen molar-refractivity contribution in [1.82, 2.24) is 4.98 Å². The summed E-state index contributed by atoms with van der Waals surface area (Å²) >= 11 is 0. The first-order valence-electron chi connectivity index (χ1n) is 6.54. The molecular weight excluding hydrogens is 280 g/mol. The van der Waals surface area contributed by atoms with E-state index in [2.05, 4.69) is 10.3 Å². The van der Waals surface area contributed by atoms with Gasteiger partial charge in [0.2, 0.25) is 0 Å². The lowest BCUT2D eigenvalue weighted by Crippen LogP contribution is -2.18. The Morgan fingerprint density at radius 1 is 1.40 bits per heavy atom. The number of aryl methyl sites for hydroxylation is 2. The number of anilines is 1. The molecule has 0 bridgehead atoms. The van der Waals surface area contributed by atoms with Crippen LogP contribution in [0.5, 0.6) is 0 Å². The molecule has 0 saturated carbocycles. The average molecular weight is 298 g/mol. The van der Waals surface area contributed by atoms with Crippen LogP contribution >= 0.6 is 0 Å². The lowest BCUT2D eigenvalue weighted by Gasteiger charge is -2.18. The number of nitrogens with zero attached hydrogens (tertiary/aromatic N) is 1. The zero-order valence-electron chi connectivity index (χ0n) is 11.3. The third kappa shape index (κ3) is 3.69. The molecule has 1 aromatic rings. The molecule has 0 radical (unpaired) electrons. The summed E-state index contributed by atoms with van der Waals surface area (Å²) < 4.78 is 22.2. The first-order chi connectivity index (χ1) is 9.37. The van der Waals surface area contributed by atoms with Crippen LogP contribution in [0.15, 0.2) is 6.07 Å². The quantitative estimate of drug-likeness (QED) is 0.845. The molecule has 0 amide bonds. The topological polar surface area (TPSA) is 96.4 Å². The van der Waals surface area contributed by atoms with Crippen molar-refractivity contribution >= 4 is 21.6 Å². The van der Waals surface area contributed by atoms with Crippen molar-refractivity contribution < 1.29 is 18.3 Å². The van der Waals surface area contributed by atoms with Crippen molar-refractivity contribution in [2.75, 3.05) is 23.9 Å². The Balaban J connectivity index is 2.23. The van der Waals surface area contributed by atoms with Gasteiger partial charge in [-0.15, -0.1) is 0 Å². The summed E-state index contributed by atoms with van der Waals surface area (Å²) in [5.41, 5.74) is 2.02. The van der Waals surface area contributed by atoms with E-state index in [1.54, 1.807) is 6.07 Å². The van der Waals surface area contributed by atoms with Gasteiger partial charge in [-0.3, -0.25) is 0 Å². The predicted molar refractivity (Wildman–Crippen MR) is 76.0 cm³/mol. The first-order valence-corrected chi connectivity index (χ1v) is 8.60. The summed E-state index contributed by atoms with van der Waals surface area (Å²) in [4.78, 5) is 15.6. The number of carboxylic acid groups (broad SMARTS) is 1. The third-order valence-electron chi connectivity index (χ3n) is 3.30. The maximum atomic E-state index is 11.3. The maximum absolute atomic E-state index is 11.3. The number of pyridine rings is 1. The summed E-state index contributed by atoms with van der Waals surface area (Å²) in [5.74, 6) is -0.834. The molecule has 2 rings (SSSR count). The van der Waals surface area contributed by atoms with Crippen LogP contribution < -0.4 is 5.32 Å². The van der Waals surface area contributed by atoms with Crippen LogP contribution in [0.2, 0.25) is 0 Å². The number of aromatic nitrogens is 1. The van der Waals surface area contributed by atoms with Gasteiger partial charge in [0.05, 0.1) is 5.75 Å². The molecule has 0 atom stereocenters. The molecule has 1 aromatic heterocycles. The summed E-state index contributed by atoms with van der Waals surface area (Å²) in [5, 5.41) is 12.1. The predicted octanol–water partition coefficient (Wildman–Crippen LogP) is 1.12. The highest BCUT2D eigenvalue weighted by atomic mass is 32.2. The molecule has 1 aliphatic carbocycles. The minimum absolute atomic E-state index is 0.0508. The summed E-state index contributed by atoms with van der Waals surface area (Å²) in [6.45, 7) is 0.158. The number of aromatic carboxylic acids is 1. The Morgan fingerprint density at radius 3 is 2.75 bits per heavy atom. The molecule has 0 saturated heterocycles. The summed E-state index contributed by atoms with van der Waals surface area (Å²) in [7, 11) is -3.08. The van der Waals surface area contributed by atoms with Crippen molar-refractivity contribution in [2.45, 2.75) is 25.7 Å². The molecule has 0 unspecified atom stereocenters. The van der Waals surface area contributed by atoms with Crippen molar-refractivity contribution in [3.05, 3.63) is 22.9 Å². The van der Waals surface area contributed by atoms with Gasteiger partial charge in [0.25, 0.3) is 0 Å². The third-order valence-corrected chi connectivity index (χ3v) is 4.24. The highest BCUT2D eigenvalue weighted by Gasteiger charge is 2.18. The van der Waals surface area contributed by atoms with Gasteiger partial charge in [0.15, 0.2) is 0 Å². The van der Waals surface area contributed by atoms with Crippen molar-refractivity contribution in [1.29, 1.82) is 0 Å². The highest BCUT2D eigenvalue weighted by molar-refractivity contribution is 7.90. The van der Waals surface area contributed by atoms with E-state index in [-0.39, 0.29) is 23.7 Å². The van der Waals surface area contributed by atoms with E-state index in [1.165, 1.54) is 0 Å². The SMILES string of the molecule is CS(=O)(=O)CCNc1nc2c(cc1C(=O)O)CCCC2. The van der Waals surface area contributed by atoms with Crippen LogP contribution in [0.1, 0.15) is 34.5 Å². The average Bonchev–Trinajstić information content (AvgIpc) is 2.36. The Hall–Kier alpha value is -1.63. The second-order valence-corrected chi connectivity index (χ2v) is 7.32. The molecule has 0 aromatic carbocycles. The highest BCUT2D eigenvalue weighted by Crippen LogP contribution is 2.24. The molecule has 2 N–H and O–H groups in total. The Bertz CT molecular complexity index is 626. The van der Waals surface area contributed by atoms with E-state index in [1.807, 2.05) is 0 Å². The zero-order chi connectivity index (χ0) is 14.8. The van der Waals surface area contributed by atoms with Gasteiger partial charge < -0.3 is 10.4 Å². The van der Waals surface area contributed by atoms with Crippen LogP contribution in [-0.4, -0.2) is 43.0 Å². The number of rotatable bonds is 5.